The highest BCUT2D eigenvalue weighted by Crippen LogP contribution is 2.39. The van der Waals surface area contributed by atoms with E-state index in [2.05, 4.69) is 45.0 Å². The molecule has 0 fully saturated rings. The monoisotopic (exact) mass is 240 g/mol. The Bertz CT molecular complexity index is 514. The average molecular weight is 241 g/mol. The van der Waals surface area contributed by atoms with E-state index in [9.17, 15) is 0 Å². The molecule has 1 aliphatic rings. The lowest BCUT2D eigenvalue weighted by atomic mass is 9.87. The first-order valence-corrected chi connectivity index (χ1v) is 5.92. The highest BCUT2D eigenvalue weighted by atomic mass is 35.5. The van der Waals surface area contributed by atoms with E-state index in [-0.39, 0.29) is 5.41 Å². The Hall–Kier alpha value is -0.460. The van der Waals surface area contributed by atoms with Crippen molar-refractivity contribution in [1.82, 2.24) is 0 Å². The Morgan fingerprint density at radius 3 is 2.40 bits per heavy atom. The molecule has 0 radical (unpaired) electrons. The molecule has 0 saturated heterocycles. The van der Waals surface area contributed by atoms with Gasteiger partial charge in [-0.2, -0.15) is 0 Å². The number of fused-ring (bicyclic) bond motifs is 1. The molecule has 1 unspecified atom stereocenters. The third-order valence-corrected chi connectivity index (χ3v) is 4.34. The molecule has 0 aromatic heterocycles. The first-order chi connectivity index (χ1) is 6.97. The largest absolute Gasteiger partial charge is 0.120 e. The first-order valence-electron chi connectivity index (χ1n) is 5.05. The Morgan fingerprint density at radius 1 is 1.20 bits per heavy atom. The van der Waals surface area contributed by atoms with Gasteiger partial charge < -0.3 is 0 Å². The summed E-state index contributed by atoms with van der Waals surface area (Å²) in [6.07, 6.45) is 2.19. The molecule has 80 valence electrons. The van der Waals surface area contributed by atoms with Gasteiger partial charge in [0.05, 0.1) is 0 Å². The van der Waals surface area contributed by atoms with Gasteiger partial charge in [-0.1, -0.05) is 29.8 Å². The van der Waals surface area contributed by atoms with Gasteiger partial charge in [-0.25, -0.2) is 0 Å². The first kappa shape index (κ1) is 11.0. The summed E-state index contributed by atoms with van der Waals surface area (Å²) in [4.78, 5) is -0.399. The van der Waals surface area contributed by atoms with Crippen LogP contribution in [0.25, 0.3) is 11.6 Å². The number of hydrogen-bond acceptors (Lipinski definition) is 0. The molecule has 1 aromatic rings. The smallest absolute Gasteiger partial charge is 0.104 e. The van der Waals surface area contributed by atoms with Crippen LogP contribution < -0.4 is 10.4 Å². The van der Waals surface area contributed by atoms with Gasteiger partial charge in [-0.15, -0.1) is 23.2 Å². The molecular weight excluding hydrogens is 227 g/mol. The van der Waals surface area contributed by atoms with Crippen molar-refractivity contribution in [2.45, 2.75) is 25.6 Å². The van der Waals surface area contributed by atoms with E-state index in [1.807, 2.05) is 0 Å². The Morgan fingerprint density at radius 2 is 1.87 bits per heavy atom. The topological polar surface area (TPSA) is 0 Å². The molecule has 0 saturated carbocycles. The molecule has 0 nitrogen and oxygen atoms in total. The standard InChI is InChI=1S/C13H14Cl2/c1-8-5-4-6-10-9(2)13(3,12(14)15)7-11(8)10/h4-7,12H,1-3H3. The van der Waals surface area contributed by atoms with Crippen LogP contribution in [-0.2, 0) is 0 Å². The van der Waals surface area contributed by atoms with Crippen molar-refractivity contribution in [3.63, 3.8) is 0 Å². The van der Waals surface area contributed by atoms with Crippen LogP contribution in [0.5, 0.6) is 0 Å². The minimum Gasteiger partial charge on any atom is -0.104 e. The fourth-order valence-electron chi connectivity index (χ4n) is 2.12. The predicted octanol–water partition coefficient (Wildman–Crippen LogP) is 2.77. The maximum absolute atomic E-state index is 6.08. The van der Waals surface area contributed by atoms with Crippen LogP contribution in [0, 0.1) is 12.3 Å². The zero-order valence-electron chi connectivity index (χ0n) is 9.14. The minimum atomic E-state index is -0.399. The molecule has 0 N–H and O–H groups in total. The van der Waals surface area contributed by atoms with Crippen molar-refractivity contribution < 1.29 is 0 Å². The summed E-state index contributed by atoms with van der Waals surface area (Å²) in [7, 11) is 0. The van der Waals surface area contributed by atoms with E-state index in [0.717, 1.165) is 0 Å². The molecule has 0 bridgehead atoms. The van der Waals surface area contributed by atoms with Crippen LogP contribution in [0.4, 0.5) is 0 Å². The van der Waals surface area contributed by atoms with Crippen LogP contribution >= 0.6 is 23.2 Å². The van der Waals surface area contributed by atoms with Gasteiger partial charge in [0.25, 0.3) is 0 Å². The fraction of sp³-hybridized carbons (Fsp3) is 0.385. The van der Waals surface area contributed by atoms with Crippen molar-refractivity contribution in [2.24, 2.45) is 5.41 Å². The van der Waals surface area contributed by atoms with Crippen LogP contribution in [0.3, 0.4) is 0 Å². The normalized spacial score (nSPS) is 24.3. The Labute approximate surface area is 100 Å². The van der Waals surface area contributed by atoms with E-state index in [4.69, 9.17) is 23.2 Å². The highest BCUT2D eigenvalue weighted by molar-refractivity contribution is 6.45. The second kappa shape index (κ2) is 3.54. The third kappa shape index (κ3) is 1.51. The lowest BCUT2D eigenvalue weighted by Gasteiger charge is -2.25. The molecule has 15 heavy (non-hydrogen) atoms. The maximum Gasteiger partial charge on any atom is 0.120 e. The summed E-state index contributed by atoms with van der Waals surface area (Å²) in [5.74, 6) is 0. The minimum absolute atomic E-state index is 0.225. The van der Waals surface area contributed by atoms with E-state index in [1.165, 1.54) is 21.6 Å². The summed E-state index contributed by atoms with van der Waals surface area (Å²) >= 11 is 12.2. The van der Waals surface area contributed by atoms with E-state index >= 15 is 0 Å². The van der Waals surface area contributed by atoms with Crippen LogP contribution in [0.15, 0.2) is 18.2 Å². The Balaban J connectivity index is 2.82. The van der Waals surface area contributed by atoms with Gasteiger partial charge in [0.1, 0.15) is 4.84 Å². The number of halogens is 2. The molecular formula is C13H14Cl2. The van der Waals surface area contributed by atoms with Crippen molar-refractivity contribution in [3.8, 4) is 0 Å². The van der Waals surface area contributed by atoms with Gasteiger partial charge in [0, 0.05) is 5.41 Å². The lowest BCUT2D eigenvalue weighted by molar-refractivity contribution is 0.666. The number of alkyl halides is 2. The molecule has 2 rings (SSSR count). The van der Waals surface area contributed by atoms with Gasteiger partial charge in [-0.05, 0) is 36.8 Å². The summed E-state index contributed by atoms with van der Waals surface area (Å²) in [5.41, 5.74) is 2.32. The van der Waals surface area contributed by atoms with Crippen molar-refractivity contribution >= 4 is 34.9 Å². The Kier molecular flexibility index (Phi) is 2.60. The van der Waals surface area contributed by atoms with Crippen LogP contribution in [0.1, 0.15) is 19.4 Å². The van der Waals surface area contributed by atoms with Gasteiger partial charge in [0.2, 0.25) is 0 Å². The summed E-state index contributed by atoms with van der Waals surface area (Å²) in [6, 6.07) is 6.33. The summed E-state index contributed by atoms with van der Waals surface area (Å²) in [5, 5.41) is 2.56. The molecule has 1 atom stereocenters. The van der Waals surface area contributed by atoms with Crippen LogP contribution in [0.2, 0.25) is 0 Å². The van der Waals surface area contributed by atoms with Crippen molar-refractivity contribution in [3.05, 3.63) is 34.2 Å². The lowest BCUT2D eigenvalue weighted by Crippen LogP contribution is -2.25. The molecule has 1 aliphatic carbocycles. The second-order valence-electron chi connectivity index (χ2n) is 4.39. The van der Waals surface area contributed by atoms with Crippen LogP contribution in [-0.4, -0.2) is 4.84 Å². The van der Waals surface area contributed by atoms with E-state index < -0.39 is 4.84 Å². The zero-order valence-corrected chi connectivity index (χ0v) is 10.7. The van der Waals surface area contributed by atoms with E-state index in [1.54, 1.807) is 0 Å². The maximum atomic E-state index is 6.08. The summed E-state index contributed by atoms with van der Waals surface area (Å²) < 4.78 is 0. The number of rotatable bonds is 1. The molecule has 1 aromatic carbocycles. The quantitative estimate of drug-likeness (QED) is 0.663. The van der Waals surface area contributed by atoms with Gasteiger partial charge >= 0.3 is 0 Å². The summed E-state index contributed by atoms with van der Waals surface area (Å²) in [6.45, 7) is 6.32. The molecule has 0 amide bonds. The molecule has 0 aliphatic heterocycles. The zero-order chi connectivity index (χ0) is 11.2. The second-order valence-corrected chi connectivity index (χ2v) is 5.49. The third-order valence-electron chi connectivity index (χ3n) is 3.43. The number of aryl methyl sites for hydroxylation is 1. The highest BCUT2D eigenvalue weighted by Gasteiger charge is 2.34. The predicted molar refractivity (Wildman–Crippen MR) is 67.6 cm³/mol. The van der Waals surface area contributed by atoms with E-state index in [0.29, 0.717) is 0 Å². The fourth-order valence-corrected chi connectivity index (χ4v) is 2.58. The molecule has 2 heteroatoms. The molecule has 0 spiro atoms. The van der Waals surface area contributed by atoms with Crippen molar-refractivity contribution in [1.29, 1.82) is 0 Å². The number of benzene rings is 1. The molecule has 0 heterocycles. The number of hydrogen-bond donors (Lipinski definition) is 0. The SMILES string of the molecule is CC1=c2cccc(C)c2=CC1(C)C(Cl)Cl. The average Bonchev–Trinajstić information content (AvgIpc) is 2.44. The van der Waals surface area contributed by atoms with Gasteiger partial charge in [0.15, 0.2) is 0 Å². The van der Waals surface area contributed by atoms with Crippen molar-refractivity contribution in [2.75, 3.05) is 0 Å². The van der Waals surface area contributed by atoms with Gasteiger partial charge in [-0.3, -0.25) is 0 Å².